The molecule has 0 aromatic heterocycles. The quantitative estimate of drug-likeness (QED) is 0.481. The fraction of sp³-hybridized carbons (Fsp3) is 0.364. The molecule has 0 heterocycles. The third-order valence-electron chi connectivity index (χ3n) is 2.09. The third kappa shape index (κ3) is 5.39. The zero-order valence-electron chi connectivity index (χ0n) is 9.76. The first-order valence-electron chi connectivity index (χ1n) is 5.28. The molecule has 1 aromatic carbocycles. The minimum absolute atomic E-state index is 0.0355. The lowest BCUT2D eigenvalue weighted by Gasteiger charge is -2.12. The molecule has 19 heavy (non-hydrogen) atoms. The van der Waals surface area contributed by atoms with Crippen LogP contribution in [0, 0.1) is 5.82 Å². The van der Waals surface area contributed by atoms with E-state index in [4.69, 9.17) is 18.0 Å². The predicted octanol–water partition coefficient (Wildman–Crippen LogP) is 2.45. The lowest BCUT2D eigenvalue weighted by molar-refractivity contribution is -0.172. The van der Waals surface area contributed by atoms with E-state index >= 15 is 0 Å². The fourth-order valence-corrected chi connectivity index (χ4v) is 1.58. The number of nitrogens with one attached hydrogen (secondary N) is 1. The average molecular weight is 296 g/mol. The molecule has 1 rings (SSSR count). The van der Waals surface area contributed by atoms with Crippen LogP contribution in [0.1, 0.15) is 5.56 Å². The van der Waals surface area contributed by atoms with Crippen molar-refractivity contribution in [2.45, 2.75) is 6.18 Å². The van der Waals surface area contributed by atoms with Gasteiger partial charge in [-0.05, 0) is 12.1 Å². The van der Waals surface area contributed by atoms with Gasteiger partial charge in [-0.3, -0.25) is 0 Å². The Kier molecular flexibility index (Phi) is 5.49. The highest BCUT2D eigenvalue weighted by atomic mass is 32.1. The Morgan fingerprint density at radius 2 is 2.05 bits per heavy atom. The molecule has 0 aliphatic carbocycles. The summed E-state index contributed by atoms with van der Waals surface area (Å²) in [6.45, 7) is -1.41. The van der Waals surface area contributed by atoms with Crippen molar-refractivity contribution in [1.29, 1.82) is 0 Å². The van der Waals surface area contributed by atoms with Gasteiger partial charge in [0, 0.05) is 12.2 Å². The van der Waals surface area contributed by atoms with Crippen LogP contribution in [0.4, 0.5) is 23.2 Å². The van der Waals surface area contributed by atoms with Crippen molar-refractivity contribution in [2.75, 3.05) is 25.1 Å². The van der Waals surface area contributed by atoms with Crippen molar-refractivity contribution in [2.24, 2.45) is 5.73 Å². The van der Waals surface area contributed by atoms with Crippen LogP contribution >= 0.6 is 12.2 Å². The number of halogens is 4. The zero-order valence-corrected chi connectivity index (χ0v) is 10.6. The fourth-order valence-electron chi connectivity index (χ4n) is 1.37. The lowest BCUT2D eigenvalue weighted by Crippen LogP contribution is -2.21. The molecular formula is C11H12F4N2OS. The molecule has 0 saturated carbocycles. The molecule has 1 aromatic rings. The second-order valence-corrected chi connectivity index (χ2v) is 4.06. The normalized spacial score (nSPS) is 11.4. The first kappa shape index (κ1) is 15.6. The van der Waals surface area contributed by atoms with Gasteiger partial charge in [-0.1, -0.05) is 18.3 Å². The van der Waals surface area contributed by atoms with Crippen molar-refractivity contribution in [1.82, 2.24) is 0 Å². The number of benzene rings is 1. The molecule has 0 aliphatic heterocycles. The van der Waals surface area contributed by atoms with E-state index in [2.05, 4.69) is 10.1 Å². The van der Waals surface area contributed by atoms with E-state index in [0.29, 0.717) is 5.69 Å². The third-order valence-corrected chi connectivity index (χ3v) is 2.29. The van der Waals surface area contributed by atoms with Gasteiger partial charge in [0.15, 0.2) is 0 Å². The van der Waals surface area contributed by atoms with Crippen LogP contribution in [0.5, 0.6) is 0 Å². The maximum absolute atomic E-state index is 13.4. The monoisotopic (exact) mass is 296 g/mol. The van der Waals surface area contributed by atoms with Crippen LogP contribution < -0.4 is 11.1 Å². The van der Waals surface area contributed by atoms with E-state index in [1.165, 1.54) is 18.2 Å². The van der Waals surface area contributed by atoms with E-state index in [9.17, 15) is 17.6 Å². The van der Waals surface area contributed by atoms with Gasteiger partial charge in [0.2, 0.25) is 0 Å². The molecule has 0 fully saturated rings. The molecule has 0 spiro atoms. The summed E-state index contributed by atoms with van der Waals surface area (Å²) in [6, 6.07) is 4.16. The van der Waals surface area contributed by atoms with Crippen LogP contribution in [0.2, 0.25) is 0 Å². The van der Waals surface area contributed by atoms with Crippen LogP contribution in [-0.2, 0) is 4.74 Å². The Balaban J connectivity index is 2.50. The average Bonchev–Trinajstić information content (AvgIpc) is 2.26. The topological polar surface area (TPSA) is 47.3 Å². The van der Waals surface area contributed by atoms with E-state index in [1.54, 1.807) is 0 Å². The Hall–Kier alpha value is -1.41. The molecule has 106 valence electrons. The summed E-state index contributed by atoms with van der Waals surface area (Å²) in [5.74, 6) is -0.589. The van der Waals surface area contributed by atoms with Crippen LogP contribution in [0.15, 0.2) is 18.2 Å². The summed E-state index contributed by atoms with van der Waals surface area (Å²) in [7, 11) is 0. The molecule has 3 nitrogen and oxygen atoms in total. The summed E-state index contributed by atoms with van der Waals surface area (Å²) >= 11 is 4.71. The number of rotatable bonds is 6. The lowest BCUT2D eigenvalue weighted by atomic mass is 10.1. The SMILES string of the molecule is NC(=S)c1c(F)cccc1NCCOCC(F)(F)F. The molecule has 0 bridgehead atoms. The van der Waals surface area contributed by atoms with Gasteiger partial charge in [0.1, 0.15) is 17.4 Å². The van der Waals surface area contributed by atoms with Crippen LogP contribution in [0.25, 0.3) is 0 Å². The highest BCUT2D eigenvalue weighted by Crippen LogP contribution is 2.18. The van der Waals surface area contributed by atoms with Gasteiger partial charge in [-0.2, -0.15) is 13.2 Å². The number of hydrogen-bond donors (Lipinski definition) is 2. The maximum atomic E-state index is 13.4. The van der Waals surface area contributed by atoms with Gasteiger partial charge >= 0.3 is 6.18 Å². The van der Waals surface area contributed by atoms with Crippen molar-refractivity contribution in [3.8, 4) is 0 Å². The molecule has 3 N–H and O–H groups in total. The van der Waals surface area contributed by atoms with Crippen molar-refractivity contribution in [3.63, 3.8) is 0 Å². The highest BCUT2D eigenvalue weighted by molar-refractivity contribution is 7.80. The largest absolute Gasteiger partial charge is 0.411 e. The van der Waals surface area contributed by atoms with Gasteiger partial charge in [0.25, 0.3) is 0 Å². The second kappa shape index (κ2) is 6.67. The molecule has 0 aliphatic rings. The summed E-state index contributed by atoms with van der Waals surface area (Å²) in [5, 5.41) is 2.72. The molecule has 0 amide bonds. The van der Waals surface area contributed by atoms with Crippen LogP contribution in [-0.4, -0.2) is 30.9 Å². The number of thiocarbonyl (C=S) groups is 1. The first-order chi connectivity index (χ1) is 8.81. The van der Waals surface area contributed by atoms with Gasteiger partial charge in [0.05, 0.1) is 12.2 Å². The van der Waals surface area contributed by atoms with E-state index < -0.39 is 18.6 Å². The maximum Gasteiger partial charge on any atom is 0.411 e. The summed E-state index contributed by atoms with van der Waals surface area (Å²) in [6.07, 6.45) is -4.36. The first-order valence-corrected chi connectivity index (χ1v) is 5.69. The van der Waals surface area contributed by atoms with Gasteiger partial charge < -0.3 is 15.8 Å². The Labute approximate surface area is 112 Å². The number of alkyl halides is 3. The summed E-state index contributed by atoms with van der Waals surface area (Å²) in [4.78, 5) is -0.128. The van der Waals surface area contributed by atoms with E-state index in [0.717, 1.165) is 0 Å². The second-order valence-electron chi connectivity index (χ2n) is 3.62. The number of anilines is 1. The molecular weight excluding hydrogens is 284 g/mol. The van der Waals surface area contributed by atoms with Crippen molar-refractivity contribution in [3.05, 3.63) is 29.6 Å². The Morgan fingerprint density at radius 3 is 2.63 bits per heavy atom. The summed E-state index contributed by atoms with van der Waals surface area (Å²) in [5.41, 5.74) is 5.73. The molecule has 0 saturated heterocycles. The minimum atomic E-state index is -4.36. The Morgan fingerprint density at radius 1 is 1.37 bits per heavy atom. The zero-order chi connectivity index (χ0) is 14.5. The summed E-state index contributed by atoms with van der Waals surface area (Å²) < 4.78 is 53.3. The van der Waals surface area contributed by atoms with Crippen LogP contribution in [0.3, 0.4) is 0 Å². The van der Waals surface area contributed by atoms with Crippen molar-refractivity contribution >= 4 is 22.9 Å². The van der Waals surface area contributed by atoms with E-state index in [-0.39, 0.29) is 23.7 Å². The Bertz CT molecular complexity index is 451. The molecule has 0 radical (unpaired) electrons. The van der Waals surface area contributed by atoms with Gasteiger partial charge in [-0.25, -0.2) is 4.39 Å². The van der Waals surface area contributed by atoms with Crippen molar-refractivity contribution < 1.29 is 22.3 Å². The number of hydrogen-bond acceptors (Lipinski definition) is 3. The molecule has 0 atom stereocenters. The molecule has 8 heteroatoms. The smallest absolute Gasteiger partial charge is 0.389 e. The predicted molar refractivity (Wildman–Crippen MR) is 67.7 cm³/mol. The highest BCUT2D eigenvalue weighted by Gasteiger charge is 2.27. The molecule has 0 unspecified atom stereocenters. The standard InChI is InChI=1S/C11H12F4N2OS/c12-7-2-1-3-8(9(7)10(16)19)17-4-5-18-6-11(13,14)15/h1-3,17H,4-6H2,(H2,16,19). The number of ether oxygens (including phenoxy) is 1. The van der Waals surface area contributed by atoms with Gasteiger partial charge in [-0.15, -0.1) is 0 Å². The van der Waals surface area contributed by atoms with E-state index in [1.807, 2.05) is 0 Å². The minimum Gasteiger partial charge on any atom is -0.389 e. The number of nitrogens with two attached hydrogens (primary N) is 1.